The van der Waals surface area contributed by atoms with Crippen LogP contribution in [0, 0.1) is 0 Å². The number of urea groups is 1. The normalized spacial score (nSPS) is 13.2. The number of carbonyl (C=O) groups is 2. The maximum atomic E-state index is 12.3. The van der Waals surface area contributed by atoms with E-state index in [0.717, 1.165) is 29.7 Å². The molecular weight excluding hydrogens is 408 g/mol. The number of nitrogens with one attached hydrogen (secondary N) is 4. The van der Waals surface area contributed by atoms with Gasteiger partial charge in [0.15, 0.2) is 17.9 Å². The van der Waals surface area contributed by atoms with Gasteiger partial charge >= 0.3 is 6.03 Å². The van der Waals surface area contributed by atoms with Gasteiger partial charge < -0.3 is 20.2 Å². The number of carbonyl (C=O) groups excluding carboxylic acids is 2. The van der Waals surface area contributed by atoms with Crippen LogP contribution in [0.5, 0.6) is 0 Å². The average Bonchev–Trinajstić information content (AvgIpc) is 3.30. The molecule has 0 aliphatic heterocycles. The van der Waals surface area contributed by atoms with E-state index in [9.17, 15) is 9.59 Å². The first-order chi connectivity index (χ1) is 15.6. The number of pyridine rings is 1. The molecule has 162 valence electrons. The monoisotopic (exact) mass is 431 g/mol. The van der Waals surface area contributed by atoms with E-state index < -0.39 is 0 Å². The Morgan fingerprint density at radius 3 is 2.78 bits per heavy atom. The molecule has 3 aromatic heterocycles. The summed E-state index contributed by atoms with van der Waals surface area (Å²) in [6.07, 6.45) is 9.22. The molecule has 0 unspecified atom stereocenters. The summed E-state index contributed by atoms with van der Waals surface area (Å²) in [7, 11) is 0. The third-order valence-electron chi connectivity index (χ3n) is 5.14. The summed E-state index contributed by atoms with van der Waals surface area (Å²) in [5.41, 5.74) is 3.42. The van der Waals surface area contributed by atoms with Crippen molar-refractivity contribution in [3.63, 3.8) is 0 Å². The van der Waals surface area contributed by atoms with Crippen LogP contribution >= 0.6 is 0 Å². The lowest BCUT2D eigenvalue weighted by molar-refractivity contribution is -0.594. The Labute approximate surface area is 183 Å². The van der Waals surface area contributed by atoms with Crippen LogP contribution < -0.4 is 20.5 Å². The fourth-order valence-corrected chi connectivity index (χ4v) is 3.43. The van der Waals surface area contributed by atoms with Crippen LogP contribution in [0.1, 0.15) is 30.3 Å². The topological polar surface area (TPSA) is 121 Å². The summed E-state index contributed by atoms with van der Waals surface area (Å²) in [5.74, 6) is 0.177. The minimum absolute atomic E-state index is 0.167. The van der Waals surface area contributed by atoms with E-state index in [-0.39, 0.29) is 18.0 Å². The fourth-order valence-electron chi connectivity index (χ4n) is 3.43. The SMILES string of the molecule is CCNC(=O)Nc1nc2c(-[n+]3ccccc3)cc(-n3cnc(C(=O)NC4CC4)c3)cc2[nH]1. The maximum Gasteiger partial charge on any atom is 0.321 e. The van der Waals surface area contributed by atoms with Crippen LogP contribution in [0.25, 0.3) is 22.4 Å². The molecule has 4 aromatic rings. The summed E-state index contributed by atoms with van der Waals surface area (Å²) < 4.78 is 3.74. The van der Waals surface area contributed by atoms with Crippen molar-refractivity contribution in [2.45, 2.75) is 25.8 Å². The molecule has 4 N–H and O–H groups in total. The van der Waals surface area contributed by atoms with Crippen LogP contribution in [-0.4, -0.2) is 44.0 Å². The minimum atomic E-state index is -0.332. The van der Waals surface area contributed by atoms with Crippen LogP contribution in [-0.2, 0) is 0 Å². The maximum absolute atomic E-state index is 12.3. The highest BCUT2D eigenvalue weighted by Gasteiger charge is 2.25. The number of hydrogen-bond acceptors (Lipinski definition) is 4. The molecule has 10 heteroatoms. The number of benzene rings is 1. The molecule has 1 aliphatic rings. The zero-order valence-corrected chi connectivity index (χ0v) is 17.5. The number of aromatic nitrogens is 5. The first-order valence-corrected chi connectivity index (χ1v) is 10.5. The lowest BCUT2D eigenvalue weighted by atomic mass is 10.2. The van der Waals surface area contributed by atoms with Crippen molar-refractivity contribution in [2.24, 2.45) is 0 Å². The molecule has 32 heavy (non-hydrogen) atoms. The molecule has 5 rings (SSSR count). The molecule has 1 aromatic carbocycles. The standard InChI is InChI=1S/C22H22N8O2/c1-2-23-22(32)28-21-26-16-10-15(11-18(19(16)27-21)29-8-4-3-5-9-29)30-12-17(24-13-30)20(31)25-14-6-7-14/h3-5,8-14H,2,6-7H2,1H3,(H3-,23,25,26,27,28,31,32)/p+1. The number of amides is 3. The van der Waals surface area contributed by atoms with E-state index in [0.29, 0.717) is 23.7 Å². The number of H-pyrrole nitrogens is 1. The van der Waals surface area contributed by atoms with Crippen molar-refractivity contribution in [3.8, 4) is 11.4 Å². The van der Waals surface area contributed by atoms with Gasteiger partial charge in [-0.05, 0) is 25.8 Å². The van der Waals surface area contributed by atoms with Crippen LogP contribution in [0.15, 0.2) is 55.2 Å². The molecular formula is C22H23N8O2+. The molecule has 3 amide bonds. The Morgan fingerprint density at radius 1 is 1.22 bits per heavy atom. The quantitative estimate of drug-likeness (QED) is 0.349. The van der Waals surface area contributed by atoms with Gasteiger partial charge in [-0.1, -0.05) is 6.07 Å². The second-order valence-corrected chi connectivity index (χ2v) is 7.63. The van der Waals surface area contributed by atoms with Crippen molar-refractivity contribution >= 4 is 28.9 Å². The molecule has 0 saturated heterocycles. The van der Waals surface area contributed by atoms with Crippen LogP contribution in [0.2, 0.25) is 0 Å². The summed E-state index contributed by atoms with van der Waals surface area (Å²) in [6, 6.07) is 9.59. The first-order valence-electron chi connectivity index (χ1n) is 10.5. The first kappa shape index (κ1) is 19.7. The van der Waals surface area contributed by atoms with Crippen molar-refractivity contribution in [1.29, 1.82) is 0 Å². The molecule has 0 radical (unpaired) electrons. The molecule has 0 bridgehead atoms. The molecule has 0 spiro atoms. The predicted molar refractivity (Wildman–Crippen MR) is 118 cm³/mol. The lowest BCUT2D eigenvalue weighted by Gasteiger charge is -2.04. The number of imidazole rings is 2. The highest BCUT2D eigenvalue weighted by atomic mass is 16.2. The summed E-state index contributed by atoms with van der Waals surface area (Å²) in [5, 5.41) is 8.36. The highest BCUT2D eigenvalue weighted by Crippen LogP contribution is 2.24. The van der Waals surface area contributed by atoms with E-state index in [1.165, 1.54) is 0 Å². The van der Waals surface area contributed by atoms with Gasteiger partial charge in [-0.15, -0.1) is 0 Å². The van der Waals surface area contributed by atoms with Gasteiger partial charge in [-0.2, -0.15) is 4.57 Å². The number of aromatic amines is 1. The summed E-state index contributed by atoms with van der Waals surface area (Å²) in [6.45, 7) is 2.36. The van der Waals surface area contributed by atoms with Crippen molar-refractivity contribution in [3.05, 3.63) is 60.9 Å². The smallest absolute Gasteiger partial charge is 0.321 e. The molecule has 0 atom stereocenters. The van der Waals surface area contributed by atoms with E-state index >= 15 is 0 Å². The molecule has 1 saturated carbocycles. The number of fused-ring (bicyclic) bond motifs is 1. The van der Waals surface area contributed by atoms with Crippen LogP contribution in [0.4, 0.5) is 10.7 Å². The largest absolute Gasteiger partial charge is 0.348 e. The van der Waals surface area contributed by atoms with Gasteiger partial charge in [0.05, 0.1) is 11.2 Å². The number of hydrogen-bond donors (Lipinski definition) is 4. The predicted octanol–water partition coefficient (Wildman–Crippen LogP) is 2.06. The second kappa shape index (κ2) is 8.14. The summed E-state index contributed by atoms with van der Waals surface area (Å²) in [4.78, 5) is 36.3. The number of anilines is 1. The average molecular weight is 431 g/mol. The molecule has 1 aliphatic carbocycles. The number of rotatable bonds is 6. The van der Waals surface area contributed by atoms with Gasteiger partial charge in [-0.3, -0.25) is 10.1 Å². The second-order valence-electron chi connectivity index (χ2n) is 7.63. The Morgan fingerprint density at radius 2 is 2.03 bits per heavy atom. The van der Waals surface area contributed by atoms with E-state index in [1.54, 1.807) is 17.1 Å². The van der Waals surface area contributed by atoms with Crippen LogP contribution in [0.3, 0.4) is 0 Å². The third kappa shape index (κ3) is 4.02. The van der Waals surface area contributed by atoms with Crippen molar-refractivity contribution < 1.29 is 14.2 Å². The van der Waals surface area contributed by atoms with Gasteiger partial charge in [0.1, 0.15) is 12.0 Å². The van der Waals surface area contributed by atoms with E-state index in [4.69, 9.17) is 0 Å². The lowest BCUT2D eigenvalue weighted by Crippen LogP contribution is -2.29. The minimum Gasteiger partial charge on any atom is -0.348 e. The third-order valence-corrected chi connectivity index (χ3v) is 5.14. The van der Waals surface area contributed by atoms with Gasteiger partial charge in [0, 0.05) is 37.0 Å². The number of nitrogens with zero attached hydrogens (tertiary/aromatic N) is 4. The Balaban J connectivity index is 1.55. The zero-order valence-electron chi connectivity index (χ0n) is 17.5. The molecule has 10 nitrogen and oxygen atoms in total. The Hall–Kier alpha value is -4.21. The Kier molecular flexibility index (Phi) is 5.02. The fraction of sp³-hybridized carbons (Fsp3) is 0.227. The van der Waals surface area contributed by atoms with Crippen molar-refractivity contribution in [1.82, 2.24) is 30.2 Å². The highest BCUT2D eigenvalue weighted by molar-refractivity contribution is 5.93. The molecule has 3 heterocycles. The van der Waals surface area contributed by atoms with Crippen molar-refractivity contribution in [2.75, 3.05) is 11.9 Å². The van der Waals surface area contributed by atoms with Gasteiger partial charge in [0.25, 0.3) is 5.91 Å². The van der Waals surface area contributed by atoms with E-state index in [2.05, 4.69) is 30.9 Å². The zero-order chi connectivity index (χ0) is 22.1. The van der Waals surface area contributed by atoms with Gasteiger partial charge in [-0.25, -0.2) is 14.8 Å². The molecule has 1 fully saturated rings. The van der Waals surface area contributed by atoms with Gasteiger partial charge in [0.2, 0.25) is 11.6 Å². The summed E-state index contributed by atoms with van der Waals surface area (Å²) >= 11 is 0. The van der Waals surface area contributed by atoms with E-state index in [1.807, 2.05) is 54.2 Å². The Bertz CT molecular complexity index is 1290.